The minimum atomic E-state index is -3.45. The summed E-state index contributed by atoms with van der Waals surface area (Å²) < 4.78 is 33.1. The van der Waals surface area contributed by atoms with E-state index in [9.17, 15) is 18.0 Å². The molecule has 0 bridgehead atoms. The van der Waals surface area contributed by atoms with E-state index in [1.165, 1.54) is 23.5 Å². The number of thiazole rings is 1. The molecule has 0 aliphatic carbocycles. The van der Waals surface area contributed by atoms with Gasteiger partial charge >= 0.3 is 5.97 Å². The van der Waals surface area contributed by atoms with Crippen LogP contribution in [0.1, 0.15) is 19.8 Å². The highest BCUT2D eigenvalue weighted by Crippen LogP contribution is 2.22. The van der Waals surface area contributed by atoms with Crippen molar-refractivity contribution in [3.63, 3.8) is 0 Å². The van der Waals surface area contributed by atoms with E-state index in [1.54, 1.807) is 29.7 Å². The molecule has 0 fully saturated rings. The van der Waals surface area contributed by atoms with Crippen LogP contribution in [0.15, 0.2) is 62.9 Å². The van der Waals surface area contributed by atoms with Crippen LogP contribution in [0, 0.1) is 0 Å². The summed E-state index contributed by atoms with van der Waals surface area (Å²) in [6.45, 7) is 1.92. The third-order valence-corrected chi connectivity index (χ3v) is 7.71. The van der Waals surface area contributed by atoms with E-state index in [2.05, 4.69) is 20.9 Å². The van der Waals surface area contributed by atoms with Gasteiger partial charge in [0.15, 0.2) is 14.6 Å². The fraction of sp³-hybridized carbons (Fsp3) is 0.286. The van der Waals surface area contributed by atoms with Gasteiger partial charge in [0.25, 0.3) is 0 Å². The predicted molar refractivity (Wildman–Crippen MR) is 122 cm³/mol. The van der Waals surface area contributed by atoms with E-state index >= 15 is 0 Å². The number of sulfone groups is 1. The number of halogens is 1. The Morgan fingerprint density at radius 3 is 2.61 bits per heavy atom. The normalized spacial score (nSPS) is 12.3. The molecule has 1 heterocycles. The Morgan fingerprint density at radius 1 is 1.16 bits per heavy atom. The lowest BCUT2D eigenvalue weighted by molar-refractivity contribution is -0.143. The molecule has 7 nitrogen and oxygen atoms in total. The number of ether oxygens (including phenoxy) is 1. The summed E-state index contributed by atoms with van der Waals surface area (Å²) in [7, 11) is -3.45. The molecule has 31 heavy (non-hydrogen) atoms. The molecule has 0 atom stereocenters. The zero-order valence-corrected chi connectivity index (χ0v) is 20.0. The summed E-state index contributed by atoms with van der Waals surface area (Å²) in [4.78, 5) is 29.2. The quantitative estimate of drug-likeness (QED) is 0.418. The molecule has 0 aliphatic heterocycles. The smallest absolute Gasteiger partial charge is 0.326 e. The lowest BCUT2D eigenvalue weighted by Gasteiger charge is -2.05. The molecule has 0 aliphatic rings. The van der Waals surface area contributed by atoms with Crippen molar-refractivity contribution in [1.82, 2.24) is 4.57 Å². The van der Waals surface area contributed by atoms with Gasteiger partial charge in [0, 0.05) is 10.9 Å². The first-order chi connectivity index (χ1) is 14.8. The number of fused-ring (bicyclic) bond motifs is 1. The lowest BCUT2D eigenvalue weighted by Crippen LogP contribution is -2.23. The van der Waals surface area contributed by atoms with Crippen LogP contribution in [-0.4, -0.2) is 37.2 Å². The zero-order valence-electron chi connectivity index (χ0n) is 16.8. The molecule has 3 rings (SSSR count). The average molecular weight is 525 g/mol. The number of rotatable bonds is 8. The molecule has 2 aromatic carbocycles. The number of aromatic nitrogens is 1. The van der Waals surface area contributed by atoms with Crippen molar-refractivity contribution in [3.8, 4) is 0 Å². The first-order valence-corrected chi connectivity index (χ1v) is 12.9. The maximum Gasteiger partial charge on any atom is 0.326 e. The van der Waals surface area contributed by atoms with Crippen molar-refractivity contribution in [2.75, 3.05) is 12.4 Å². The Balaban J connectivity index is 1.79. The highest BCUT2D eigenvalue weighted by molar-refractivity contribution is 9.10. The molecule has 0 saturated carbocycles. The second-order valence-corrected chi connectivity index (χ2v) is 10.7. The van der Waals surface area contributed by atoms with E-state index < -0.39 is 21.7 Å². The second-order valence-electron chi connectivity index (χ2n) is 6.63. The van der Waals surface area contributed by atoms with Crippen LogP contribution < -0.4 is 4.80 Å². The van der Waals surface area contributed by atoms with E-state index in [1.807, 2.05) is 18.2 Å². The third kappa shape index (κ3) is 6.11. The fourth-order valence-corrected chi connectivity index (χ4v) is 5.87. The van der Waals surface area contributed by atoms with Crippen LogP contribution in [0.25, 0.3) is 10.2 Å². The standard InChI is InChI=1S/C21H21BrN2O5S2/c1-2-29-20(26)14-24-17-11-10-15(22)13-18(17)30-21(24)23-19(25)9-6-12-31(27,28)16-7-4-3-5-8-16/h3-5,7-8,10-11,13H,2,6,9,12,14H2,1H3. The number of carbonyl (C=O) groups excluding carboxylic acids is 2. The summed E-state index contributed by atoms with van der Waals surface area (Å²) in [5, 5.41) is 0. The first-order valence-electron chi connectivity index (χ1n) is 9.60. The first kappa shape index (κ1) is 23.4. The molecular formula is C21H21BrN2O5S2. The van der Waals surface area contributed by atoms with Crippen LogP contribution in [0.2, 0.25) is 0 Å². The number of esters is 1. The Morgan fingerprint density at radius 2 is 1.90 bits per heavy atom. The molecular weight excluding hydrogens is 504 g/mol. The number of benzene rings is 2. The Hall–Kier alpha value is -2.30. The molecule has 10 heteroatoms. The Labute approximate surface area is 192 Å². The minimum Gasteiger partial charge on any atom is -0.465 e. The van der Waals surface area contributed by atoms with Crippen molar-refractivity contribution in [3.05, 3.63) is 57.8 Å². The topological polar surface area (TPSA) is 94.8 Å². The van der Waals surface area contributed by atoms with E-state index in [4.69, 9.17) is 4.74 Å². The predicted octanol–water partition coefficient (Wildman–Crippen LogP) is 3.71. The van der Waals surface area contributed by atoms with Gasteiger partial charge in [0.1, 0.15) is 6.54 Å². The van der Waals surface area contributed by atoms with Gasteiger partial charge in [-0.3, -0.25) is 9.59 Å². The van der Waals surface area contributed by atoms with Gasteiger partial charge in [-0.2, -0.15) is 4.99 Å². The summed E-state index contributed by atoms with van der Waals surface area (Å²) >= 11 is 4.70. The number of carbonyl (C=O) groups is 2. The largest absolute Gasteiger partial charge is 0.465 e. The van der Waals surface area contributed by atoms with Gasteiger partial charge in [-0.05, 0) is 43.7 Å². The summed E-state index contributed by atoms with van der Waals surface area (Å²) in [6, 6.07) is 13.7. The lowest BCUT2D eigenvalue weighted by atomic mass is 10.3. The average Bonchev–Trinajstić information content (AvgIpc) is 3.04. The van der Waals surface area contributed by atoms with Crippen LogP contribution in [0.5, 0.6) is 0 Å². The van der Waals surface area contributed by atoms with Gasteiger partial charge < -0.3 is 9.30 Å². The molecule has 164 valence electrons. The summed E-state index contributed by atoms with van der Waals surface area (Å²) in [5.74, 6) is -1.00. The Bertz CT molecular complexity index is 1260. The number of amides is 1. The molecule has 0 spiro atoms. The van der Waals surface area contributed by atoms with Crippen molar-refractivity contribution in [1.29, 1.82) is 0 Å². The van der Waals surface area contributed by atoms with Crippen molar-refractivity contribution in [2.24, 2.45) is 4.99 Å². The third-order valence-electron chi connectivity index (χ3n) is 4.36. The summed E-state index contributed by atoms with van der Waals surface area (Å²) in [6.07, 6.45) is 0.150. The number of hydrogen-bond acceptors (Lipinski definition) is 6. The van der Waals surface area contributed by atoms with Crippen molar-refractivity contribution >= 4 is 59.2 Å². The Kier molecular flexibility index (Phi) is 7.79. The van der Waals surface area contributed by atoms with Crippen molar-refractivity contribution in [2.45, 2.75) is 31.2 Å². The van der Waals surface area contributed by atoms with E-state index in [-0.39, 0.29) is 36.6 Å². The summed E-state index contributed by atoms with van der Waals surface area (Å²) in [5.41, 5.74) is 0.763. The number of nitrogens with zero attached hydrogens (tertiary/aromatic N) is 2. The van der Waals surface area contributed by atoms with Gasteiger partial charge in [0.05, 0.1) is 27.5 Å². The van der Waals surface area contributed by atoms with Crippen LogP contribution in [-0.2, 0) is 30.7 Å². The van der Waals surface area contributed by atoms with Gasteiger partial charge in [-0.15, -0.1) is 0 Å². The molecule has 3 aromatic rings. The van der Waals surface area contributed by atoms with Gasteiger partial charge in [-0.25, -0.2) is 8.42 Å². The molecule has 1 aromatic heterocycles. The minimum absolute atomic E-state index is 0.0105. The van der Waals surface area contributed by atoms with Crippen LogP contribution >= 0.6 is 27.3 Å². The van der Waals surface area contributed by atoms with Crippen molar-refractivity contribution < 1.29 is 22.7 Å². The zero-order chi connectivity index (χ0) is 22.4. The SMILES string of the molecule is CCOC(=O)Cn1c(=NC(=O)CCCS(=O)(=O)c2ccccc2)sc2cc(Br)ccc21. The second kappa shape index (κ2) is 10.3. The molecule has 0 radical (unpaired) electrons. The van der Waals surface area contributed by atoms with Crippen LogP contribution in [0.4, 0.5) is 0 Å². The highest BCUT2D eigenvalue weighted by atomic mass is 79.9. The van der Waals surface area contributed by atoms with Gasteiger partial charge in [-0.1, -0.05) is 45.5 Å². The van der Waals surface area contributed by atoms with Crippen LogP contribution in [0.3, 0.4) is 0 Å². The molecule has 0 saturated heterocycles. The fourth-order valence-electron chi connectivity index (χ4n) is 2.94. The maximum atomic E-state index is 12.4. The molecule has 0 N–H and O–H groups in total. The van der Waals surface area contributed by atoms with E-state index in [0.29, 0.717) is 4.80 Å². The highest BCUT2D eigenvalue weighted by Gasteiger charge is 2.15. The maximum absolute atomic E-state index is 12.4. The van der Waals surface area contributed by atoms with Gasteiger partial charge in [0.2, 0.25) is 5.91 Å². The molecule has 1 amide bonds. The number of hydrogen-bond donors (Lipinski definition) is 0. The van der Waals surface area contributed by atoms with E-state index in [0.717, 1.165) is 14.7 Å². The monoisotopic (exact) mass is 524 g/mol. The molecule has 0 unspecified atom stereocenters.